The summed E-state index contributed by atoms with van der Waals surface area (Å²) in [6, 6.07) is 4.48. The van der Waals surface area contributed by atoms with Gasteiger partial charge in [-0.1, -0.05) is 109 Å². The topological polar surface area (TPSA) is 516 Å². The van der Waals surface area contributed by atoms with Gasteiger partial charge < -0.3 is 99.0 Å². The molecule has 0 saturated heterocycles. The summed E-state index contributed by atoms with van der Waals surface area (Å²) in [7, 11) is 0. The molecule has 2 aromatic rings. The molecule has 0 aliphatic rings. The molecule has 0 radical (unpaired) electrons. The minimum atomic E-state index is -1.34. The summed E-state index contributed by atoms with van der Waals surface area (Å²) in [5, 5.41) is 27.9. The van der Waals surface area contributed by atoms with E-state index in [1.807, 2.05) is 0 Å². The zero-order chi connectivity index (χ0) is 73.1. The molecule has 0 bridgehead atoms. The number of unbranched alkanes of at least 4 members (excludes halogenated alkanes) is 6. The molecule has 2 rings (SSSR count). The van der Waals surface area contributed by atoms with E-state index in [-0.39, 0.29) is 58.0 Å². The van der Waals surface area contributed by atoms with Gasteiger partial charge >= 0.3 is 0 Å². The van der Waals surface area contributed by atoms with Crippen LogP contribution in [-0.4, -0.2) is 171 Å². The molecule has 0 fully saturated rings. The Labute approximate surface area is 579 Å². The molecule has 0 unspecified atom stereocenters. The first-order valence-corrected chi connectivity index (χ1v) is 35.1. The van der Waals surface area contributed by atoms with Crippen molar-refractivity contribution in [1.29, 1.82) is 0 Å². The Balaban J connectivity index is 2.53. The smallest absolute Gasteiger partial charge is 0.243 e. The summed E-state index contributed by atoms with van der Waals surface area (Å²) >= 11 is 0. The minimum absolute atomic E-state index is 0.0383. The van der Waals surface area contributed by atoms with Gasteiger partial charge in [0.05, 0.1) is 6.04 Å². The van der Waals surface area contributed by atoms with Crippen LogP contribution >= 0.6 is 0 Å². The molecule has 0 spiro atoms. The van der Waals surface area contributed by atoms with Crippen LogP contribution < -0.4 is 99.0 Å². The molecule has 98 heavy (non-hydrogen) atoms. The molecule has 11 atom stereocenters. The van der Waals surface area contributed by atoms with Gasteiger partial charge in [-0.2, -0.15) is 0 Å². The highest BCUT2D eigenvalue weighted by molar-refractivity contribution is 5.99. The number of nitrogens with two attached hydrogens (primary N) is 8. The Morgan fingerprint density at radius 2 is 0.510 bits per heavy atom. The van der Waals surface area contributed by atoms with E-state index in [2.05, 4.69) is 53.2 Å². The third-order valence-corrected chi connectivity index (χ3v) is 16.8. The molecular weight excluding hydrogens is 1260 g/mol. The Bertz CT molecular complexity index is 2730. The Hall–Kier alpha value is -7.67. The number of carbonyl (C=O) groups is 11. The largest absolute Gasteiger partial charge is 0.368 e. The third kappa shape index (κ3) is 33.3. The van der Waals surface area contributed by atoms with Crippen LogP contribution in [0.5, 0.6) is 0 Å². The molecule has 552 valence electrons. The monoisotopic (exact) mass is 1380 g/mol. The van der Waals surface area contributed by atoms with Gasteiger partial charge in [-0.3, -0.25) is 52.7 Å². The molecule has 0 aliphatic carbocycles. The summed E-state index contributed by atoms with van der Waals surface area (Å²) in [5.74, 6) is -9.51. The predicted octanol–water partition coefficient (Wildman–Crippen LogP) is -1.13. The molecule has 11 amide bonds. The number of carbonyl (C=O) groups excluding carboxylic acids is 11. The Morgan fingerprint density at radius 1 is 0.286 bits per heavy atom. The first-order valence-electron chi connectivity index (χ1n) is 35.1. The number of hydrogen-bond donors (Lipinski definition) is 18. The second kappa shape index (κ2) is 48.9. The number of benzene rings is 2. The van der Waals surface area contributed by atoms with Crippen molar-refractivity contribution < 1.29 is 52.7 Å². The molecule has 0 heterocycles. The van der Waals surface area contributed by atoms with Crippen molar-refractivity contribution in [2.24, 2.45) is 63.6 Å². The number of rotatable bonds is 52. The van der Waals surface area contributed by atoms with Crippen molar-refractivity contribution in [3.05, 3.63) is 71.8 Å². The number of amides is 11. The molecule has 0 aliphatic heterocycles. The summed E-state index contributed by atoms with van der Waals surface area (Å²) < 4.78 is 0. The van der Waals surface area contributed by atoms with Crippen LogP contribution in [-0.2, 0) is 65.6 Å². The van der Waals surface area contributed by atoms with E-state index in [1.165, 1.54) is 0 Å². The van der Waals surface area contributed by atoms with Gasteiger partial charge in [0.2, 0.25) is 65.0 Å². The average molecular weight is 1380 g/mol. The predicted molar refractivity (Wildman–Crippen MR) is 379 cm³/mol. The second-order valence-electron chi connectivity index (χ2n) is 26.2. The summed E-state index contributed by atoms with van der Waals surface area (Å²) in [5.41, 5.74) is 47.7. The number of primary amides is 1. The lowest BCUT2D eigenvalue weighted by molar-refractivity contribution is -0.137. The molecule has 0 saturated carbocycles. The van der Waals surface area contributed by atoms with Crippen LogP contribution in [0.4, 0.5) is 0 Å². The highest BCUT2D eigenvalue weighted by Gasteiger charge is 2.38. The fourth-order valence-electron chi connectivity index (χ4n) is 10.8. The van der Waals surface area contributed by atoms with Gasteiger partial charge in [0, 0.05) is 12.8 Å². The first kappa shape index (κ1) is 86.4. The maximum Gasteiger partial charge on any atom is 0.243 e. The van der Waals surface area contributed by atoms with Gasteiger partial charge in [-0.15, -0.1) is 0 Å². The maximum absolute atomic E-state index is 14.8. The third-order valence-electron chi connectivity index (χ3n) is 16.8. The van der Waals surface area contributed by atoms with E-state index in [0.29, 0.717) is 121 Å². The van der Waals surface area contributed by atoms with E-state index < -0.39 is 149 Å². The van der Waals surface area contributed by atoms with Crippen molar-refractivity contribution in [2.45, 2.75) is 236 Å². The normalized spacial score (nSPS) is 14.7. The van der Waals surface area contributed by atoms with Gasteiger partial charge in [0.15, 0.2) is 0 Å². The lowest BCUT2D eigenvalue weighted by Crippen LogP contribution is -2.62. The van der Waals surface area contributed by atoms with Crippen molar-refractivity contribution in [1.82, 2.24) is 53.2 Å². The molecule has 29 heteroatoms. The molecule has 26 N–H and O–H groups in total. The number of hydrogen-bond acceptors (Lipinski definition) is 18. The van der Waals surface area contributed by atoms with Crippen LogP contribution in [0.2, 0.25) is 0 Å². The first-order chi connectivity index (χ1) is 46.8. The Kier molecular flexibility index (Phi) is 43.2. The molecule has 2 aromatic carbocycles. The van der Waals surface area contributed by atoms with Crippen LogP contribution in [0.1, 0.15) is 168 Å². The molecule has 29 nitrogen and oxygen atoms in total. The summed E-state index contributed by atoms with van der Waals surface area (Å²) in [4.78, 5) is 156. The van der Waals surface area contributed by atoms with Crippen LogP contribution in [0, 0.1) is 17.8 Å². The lowest BCUT2D eigenvalue weighted by atomic mass is 9.98. The van der Waals surface area contributed by atoms with Gasteiger partial charge in [0.25, 0.3) is 0 Å². The van der Waals surface area contributed by atoms with E-state index in [9.17, 15) is 52.7 Å². The van der Waals surface area contributed by atoms with Gasteiger partial charge in [-0.05, 0) is 177 Å². The van der Waals surface area contributed by atoms with Crippen molar-refractivity contribution in [3.8, 4) is 0 Å². The van der Waals surface area contributed by atoms with Crippen molar-refractivity contribution in [3.63, 3.8) is 0 Å². The molecular formula is C69H120N18O11. The standard InChI is InChI=1S/C69H120N18O11/c1-43(2)56(67(96)82-51(32-16-22-38-73)62(91)83-54(41-46-25-9-7-10-26-46)65(94)80-50(31-15-21-37-72)61(90)78-49(59(77)88)30-14-20-36-71)85-64(93)53(34-18-24-40-75)81-66(95)55(42-47-27-11-8-12-28-47)84-68(97)57(44(3)4)87-69(98)58(45(5)6)86-63(92)52(33-17-23-39-74)79-60(89)48(76)29-13-19-35-70/h7-12,25-28,43-45,48-58H,13-24,29-42,70-76H2,1-6H3,(H2,77,88)(H,78,90)(H,79,89)(H,80,94)(H,81,95)(H,82,96)(H,83,91)(H,84,97)(H,85,93)(H,86,92)(H,87,98)/t48-,49-,50-,51-,52-,53-,54-,55-,56-,57-,58-/m1/s1. The zero-order valence-electron chi connectivity index (χ0n) is 58.9. The molecule has 0 aromatic heterocycles. The average Bonchev–Trinajstić information content (AvgIpc) is 0.870. The van der Waals surface area contributed by atoms with E-state index in [4.69, 9.17) is 45.9 Å². The maximum atomic E-state index is 14.8. The zero-order valence-corrected chi connectivity index (χ0v) is 58.9. The second-order valence-corrected chi connectivity index (χ2v) is 26.2. The SMILES string of the molecule is CC(C)[C@@H](NC(=O)[C@@H](CCCCN)NC(=O)[C@@H](Cc1ccccc1)NC(=O)[C@H](NC(=O)[C@H](NC(=O)[C@@H](CCCCN)NC(=O)[C@H](N)CCCCN)C(C)C)C(C)C)C(=O)N[C@H](CCCCN)C(=O)N[C@H](Cc1ccccc1)C(=O)N[C@H](CCCCN)C(=O)N[C@H](CCCCN)C(N)=O. The lowest BCUT2D eigenvalue weighted by Gasteiger charge is -2.30. The number of nitrogens with one attached hydrogen (secondary N) is 10. The van der Waals surface area contributed by atoms with Gasteiger partial charge in [0.1, 0.15) is 60.4 Å². The highest BCUT2D eigenvalue weighted by Crippen LogP contribution is 2.16. The minimum Gasteiger partial charge on any atom is -0.368 e. The van der Waals surface area contributed by atoms with Crippen LogP contribution in [0.25, 0.3) is 0 Å². The summed E-state index contributed by atoms with van der Waals surface area (Å²) in [6.45, 7) is 12.2. The van der Waals surface area contributed by atoms with Crippen LogP contribution in [0.15, 0.2) is 60.7 Å². The fraction of sp³-hybridized carbons (Fsp3) is 0.667. The van der Waals surface area contributed by atoms with Crippen molar-refractivity contribution in [2.75, 3.05) is 39.3 Å². The highest BCUT2D eigenvalue weighted by atomic mass is 16.2. The van der Waals surface area contributed by atoms with Crippen molar-refractivity contribution >= 4 is 65.0 Å². The van der Waals surface area contributed by atoms with Crippen LogP contribution in [0.3, 0.4) is 0 Å². The van der Waals surface area contributed by atoms with E-state index >= 15 is 0 Å². The quantitative estimate of drug-likeness (QED) is 0.0349. The summed E-state index contributed by atoms with van der Waals surface area (Å²) in [6.07, 6.45) is 6.95. The Morgan fingerprint density at radius 3 is 0.816 bits per heavy atom. The van der Waals surface area contributed by atoms with E-state index in [0.717, 1.165) is 0 Å². The fourth-order valence-corrected chi connectivity index (χ4v) is 10.8. The van der Waals surface area contributed by atoms with Gasteiger partial charge in [-0.25, -0.2) is 0 Å². The van der Waals surface area contributed by atoms with E-state index in [1.54, 1.807) is 102 Å².